The minimum Gasteiger partial charge on any atom is -0.299 e. The van der Waals surface area contributed by atoms with Gasteiger partial charge in [0.15, 0.2) is 0 Å². The van der Waals surface area contributed by atoms with Gasteiger partial charge in [-0.25, -0.2) is 4.79 Å². The highest BCUT2D eigenvalue weighted by atomic mass is 79.9. The number of imidazole rings is 1. The van der Waals surface area contributed by atoms with Gasteiger partial charge in [0, 0.05) is 30.3 Å². The van der Waals surface area contributed by atoms with Crippen LogP contribution in [0, 0.1) is 5.41 Å². The fourth-order valence-electron chi connectivity index (χ4n) is 3.00. The van der Waals surface area contributed by atoms with Crippen molar-refractivity contribution >= 4 is 15.9 Å². The Bertz CT molecular complexity index is 452. The molecular weight excluding hydrogens is 280 g/mol. The van der Waals surface area contributed by atoms with E-state index in [9.17, 15) is 4.79 Å². The number of nitrogens with zero attached hydrogens (tertiary/aromatic N) is 2. The van der Waals surface area contributed by atoms with E-state index in [-0.39, 0.29) is 5.69 Å². The van der Waals surface area contributed by atoms with Crippen molar-refractivity contribution in [3.05, 3.63) is 22.9 Å². The molecule has 0 unspecified atom stereocenters. The molecule has 0 radical (unpaired) electrons. The third-order valence-electron chi connectivity index (χ3n) is 4.27. The second kappa shape index (κ2) is 4.30. The van der Waals surface area contributed by atoms with Gasteiger partial charge in [-0.15, -0.1) is 0 Å². The van der Waals surface area contributed by atoms with Gasteiger partial charge in [0.1, 0.15) is 0 Å². The Morgan fingerprint density at radius 3 is 2.59 bits per heavy atom. The summed E-state index contributed by atoms with van der Waals surface area (Å²) in [5.41, 5.74) is 0.513. The maximum absolute atomic E-state index is 12.2. The van der Waals surface area contributed by atoms with Crippen LogP contribution in [-0.2, 0) is 6.54 Å². The average Bonchev–Trinajstić information content (AvgIpc) is 2.97. The highest BCUT2D eigenvalue weighted by Gasteiger charge is 2.34. The van der Waals surface area contributed by atoms with E-state index in [1.165, 1.54) is 38.5 Å². The number of halogens is 1. The molecule has 1 heterocycles. The summed E-state index contributed by atoms with van der Waals surface area (Å²) in [6, 6.07) is 0.493. The molecule has 2 fully saturated rings. The second-order valence-corrected chi connectivity index (χ2v) is 6.25. The lowest BCUT2D eigenvalue weighted by atomic mass is 9.89. The zero-order valence-corrected chi connectivity index (χ0v) is 11.7. The highest BCUT2D eigenvalue weighted by molar-refractivity contribution is 9.09. The first-order chi connectivity index (χ1) is 8.24. The summed E-state index contributed by atoms with van der Waals surface area (Å²) in [6.07, 6.45) is 11.4. The topological polar surface area (TPSA) is 26.9 Å². The monoisotopic (exact) mass is 298 g/mol. The van der Waals surface area contributed by atoms with E-state index in [4.69, 9.17) is 0 Å². The Morgan fingerprint density at radius 1 is 1.29 bits per heavy atom. The van der Waals surface area contributed by atoms with Crippen molar-refractivity contribution in [2.45, 2.75) is 51.1 Å². The van der Waals surface area contributed by atoms with E-state index >= 15 is 0 Å². The van der Waals surface area contributed by atoms with Crippen molar-refractivity contribution in [3.63, 3.8) is 0 Å². The van der Waals surface area contributed by atoms with Crippen molar-refractivity contribution in [1.82, 2.24) is 9.13 Å². The maximum Gasteiger partial charge on any atom is 0.328 e. The third-order valence-corrected chi connectivity index (χ3v) is 5.46. The maximum atomic E-state index is 12.2. The Balaban J connectivity index is 1.82. The summed E-state index contributed by atoms with van der Waals surface area (Å²) in [7, 11) is 0. The molecule has 0 aromatic carbocycles. The van der Waals surface area contributed by atoms with Crippen LogP contribution in [0.1, 0.15) is 44.6 Å². The van der Waals surface area contributed by atoms with E-state index in [1.54, 1.807) is 0 Å². The predicted octanol–water partition coefficient (Wildman–Crippen LogP) is 2.94. The first-order valence-corrected chi connectivity index (χ1v) is 7.69. The third kappa shape index (κ3) is 2.12. The summed E-state index contributed by atoms with van der Waals surface area (Å²) < 4.78 is 3.84. The molecule has 2 saturated carbocycles. The van der Waals surface area contributed by atoms with Gasteiger partial charge < -0.3 is 0 Å². The van der Waals surface area contributed by atoms with E-state index in [0.29, 0.717) is 11.5 Å². The number of hydrogen-bond donors (Lipinski definition) is 0. The molecule has 2 aliphatic rings. The van der Waals surface area contributed by atoms with Gasteiger partial charge in [0.05, 0.1) is 0 Å². The minimum absolute atomic E-state index is 0.194. The van der Waals surface area contributed by atoms with Gasteiger partial charge in [0.2, 0.25) is 0 Å². The van der Waals surface area contributed by atoms with Gasteiger partial charge in [0.25, 0.3) is 0 Å². The number of rotatable bonds is 4. The van der Waals surface area contributed by atoms with Crippen LogP contribution in [0.2, 0.25) is 0 Å². The Hall–Kier alpha value is -0.510. The van der Waals surface area contributed by atoms with Crippen LogP contribution in [0.25, 0.3) is 0 Å². The van der Waals surface area contributed by atoms with Gasteiger partial charge in [-0.2, -0.15) is 0 Å². The summed E-state index contributed by atoms with van der Waals surface area (Å²) in [4.78, 5) is 12.2. The summed E-state index contributed by atoms with van der Waals surface area (Å²) >= 11 is 3.64. The molecule has 0 bridgehead atoms. The summed E-state index contributed by atoms with van der Waals surface area (Å²) in [6.45, 7) is 0.886. The van der Waals surface area contributed by atoms with Crippen LogP contribution in [0.15, 0.2) is 17.2 Å². The molecule has 94 valence electrons. The first-order valence-electron chi connectivity index (χ1n) is 6.57. The number of hydrogen-bond acceptors (Lipinski definition) is 1. The molecular formula is C13H19BrN2O. The summed E-state index contributed by atoms with van der Waals surface area (Å²) in [5, 5.41) is 1.01. The zero-order chi connectivity index (χ0) is 11.9. The standard InChI is InChI=1S/C13H19BrN2O/c14-9-13(5-1-2-6-13)10-15-7-8-16(12(15)17)11-3-4-11/h7-8,11H,1-6,9-10H2. The second-order valence-electron chi connectivity index (χ2n) is 5.69. The Kier molecular flexibility index (Phi) is 2.93. The number of aromatic nitrogens is 2. The van der Waals surface area contributed by atoms with E-state index in [1.807, 2.05) is 21.5 Å². The van der Waals surface area contributed by atoms with Crippen LogP contribution in [-0.4, -0.2) is 14.5 Å². The average molecular weight is 299 g/mol. The van der Waals surface area contributed by atoms with Crippen molar-refractivity contribution < 1.29 is 0 Å². The highest BCUT2D eigenvalue weighted by Crippen LogP contribution is 2.41. The van der Waals surface area contributed by atoms with Crippen molar-refractivity contribution in [1.29, 1.82) is 0 Å². The molecule has 3 nitrogen and oxygen atoms in total. The molecule has 2 aliphatic carbocycles. The van der Waals surface area contributed by atoms with Crippen molar-refractivity contribution in [2.75, 3.05) is 5.33 Å². The minimum atomic E-state index is 0.194. The predicted molar refractivity (Wildman–Crippen MR) is 71.7 cm³/mol. The normalized spacial score (nSPS) is 23.1. The van der Waals surface area contributed by atoms with E-state index < -0.39 is 0 Å². The molecule has 0 saturated heterocycles. The lowest BCUT2D eigenvalue weighted by Gasteiger charge is -2.26. The van der Waals surface area contributed by atoms with Crippen LogP contribution in [0.4, 0.5) is 0 Å². The largest absolute Gasteiger partial charge is 0.328 e. The van der Waals surface area contributed by atoms with Crippen LogP contribution < -0.4 is 5.69 Å². The van der Waals surface area contributed by atoms with Gasteiger partial charge in [-0.1, -0.05) is 28.8 Å². The molecule has 0 N–H and O–H groups in total. The Labute approximate surface area is 110 Å². The lowest BCUT2D eigenvalue weighted by molar-refractivity contribution is 0.287. The lowest BCUT2D eigenvalue weighted by Crippen LogP contribution is -2.32. The SMILES string of the molecule is O=c1n(CC2(CBr)CCCC2)ccn1C1CC1. The van der Waals surface area contributed by atoms with Crippen molar-refractivity contribution in [2.24, 2.45) is 5.41 Å². The molecule has 1 aromatic heterocycles. The van der Waals surface area contributed by atoms with E-state index in [0.717, 1.165) is 11.9 Å². The fraction of sp³-hybridized carbons (Fsp3) is 0.769. The molecule has 0 aliphatic heterocycles. The van der Waals surface area contributed by atoms with Gasteiger partial charge in [-0.05, 0) is 31.1 Å². The first kappa shape index (κ1) is 11.6. The molecule has 0 spiro atoms. The molecule has 0 amide bonds. The molecule has 17 heavy (non-hydrogen) atoms. The molecule has 0 atom stereocenters. The fourth-order valence-corrected chi connectivity index (χ4v) is 3.74. The van der Waals surface area contributed by atoms with Gasteiger partial charge in [-0.3, -0.25) is 9.13 Å². The molecule has 1 aromatic rings. The van der Waals surface area contributed by atoms with Gasteiger partial charge >= 0.3 is 5.69 Å². The van der Waals surface area contributed by atoms with Crippen LogP contribution in [0.3, 0.4) is 0 Å². The Morgan fingerprint density at radius 2 is 2.00 bits per heavy atom. The molecule has 3 rings (SSSR count). The smallest absolute Gasteiger partial charge is 0.299 e. The molecule has 4 heteroatoms. The van der Waals surface area contributed by atoms with Crippen LogP contribution >= 0.6 is 15.9 Å². The van der Waals surface area contributed by atoms with Crippen LogP contribution in [0.5, 0.6) is 0 Å². The van der Waals surface area contributed by atoms with E-state index in [2.05, 4.69) is 15.9 Å². The van der Waals surface area contributed by atoms with Crippen molar-refractivity contribution in [3.8, 4) is 0 Å². The number of alkyl halides is 1. The summed E-state index contributed by atoms with van der Waals surface area (Å²) in [5.74, 6) is 0. The quantitative estimate of drug-likeness (QED) is 0.785. The zero-order valence-electron chi connectivity index (χ0n) is 10.1.